The molecule has 1 aromatic carbocycles. The van der Waals surface area contributed by atoms with Crippen molar-refractivity contribution in [1.29, 1.82) is 0 Å². The molecule has 1 rings (SSSR count). The van der Waals surface area contributed by atoms with Gasteiger partial charge in [-0.25, -0.2) is 4.79 Å². The molecule has 0 fully saturated rings. The SMILES string of the molecule is C=C(CCC(=O)OCc1ccccc1)C(=O)O. The topological polar surface area (TPSA) is 63.6 Å². The van der Waals surface area contributed by atoms with E-state index in [0.717, 1.165) is 5.56 Å². The second-order valence-corrected chi connectivity index (χ2v) is 3.55. The Bertz CT molecular complexity index is 409. The molecule has 17 heavy (non-hydrogen) atoms. The smallest absolute Gasteiger partial charge is 0.330 e. The third-order valence-electron chi connectivity index (χ3n) is 2.18. The van der Waals surface area contributed by atoms with Crippen LogP contribution in [-0.2, 0) is 20.9 Å². The highest BCUT2D eigenvalue weighted by atomic mass is 16.5. The number of hydrogen-bond donors (Lipinski definition) is 1. The fraction of sp³-hybridized carbons (Fsp3) is 0.231. The summed E-state index contributed by atoms with van der Waals surface area (Å²) in [6, 6.07) is 9.29. The molecule has 0 heterocycles. The van der Waals surface area contributed by atoms with Crippen LogP contribution < -0.4 is 0 Å². The number of carboxylic acid groups (broad SMARTS) is 1. The van der Waals surface area contributed by atoms with E-state index in [1.807, 2.05) is 30.3 Å². The fourth-order valence-corrected chi connectivity index (χ4v) is 1.17. The summed E-state index contributed by atoms with van der Waals surface area (Å²) < 4.78 is 4.99. The molecule has 0 saturated heterocycles. The number of rotatable bonds is 6. The van der Waals surface area contributed by atoms with Crippen molar-refractivity contribution in [2.24, 2.45) is 0 Å². The molecule has 0 radical (unpaired) electrons. The molecule has 4 nitrogen and oxygen atoms in total. The average molecular weight is 234 g/mol. The molecule has 0 aliphatic rings. The van der Waals surface area contributed by atoms with Crippen LogP contribution in [0.4, 0.5) is 0 Å². The predicted molar refractivity (Wildman–Crippen MR) is 62.2 cm³/mol. The summed E-state index contributed by atoms with van der Waals surface area (Å²) in [4.78, 5) is 21.7. The van der Waals surface area contributed by atoms with E-state index < -0.39 is 11.9 Å². The molecule has 0 aliphatic carbocycles. The molecule has 0 bridgehead atoms. The van der Waals surface area contributed by atoms with Crippen molar-refractivity contribution >= 4 is 11.9 Å². The minimum atomic E-state index is -1.08. The van der Waals surface area contributed by atoms with E-state index in [2.05, 4.69) is 6.58 Å². The minimum Gasteiger partial charge on any atom is -0.478 e. The van der Waals surface area contributed by atoms with Gasteiger partial charge in [0.1, 0.15) is 6.61 Å². The van der Waals surface area contributed by atoms with Crippen molar-refractivity contribution in [3.05, 3.63) is 48.0 Å². The Morgan fingerprint density at radius 1 is 1.18 bits per heavy atom. The normalized spacial score (nSPS) is 9.65. The van der Waals surface area contributed by atoms with Crippen LogP contribution in [0, 0.1) is 0 Å². The van der Waals surface area contributed by atoms with Crippen molar-refractivity contribution < 1.29 is 19.4 Å². The van der Waals surface area contributed by atoms with Gasteiger partial charge in [0.2, 0.25) is 0 Å². The molecule has 0 amide bonds. The van der Waals surface area contributed by atoms with Crippen LogP contribution in [0.3, 0.4) is 0 Å². The van der Waals surface area contributed by atoms with Crippen molar-refractivity contribution in [2.45, 2.75) is 19.4 Å². The van der Waals surface area contributed by atoms with Gasteiger partial charge in [-0.05, 0) is 12.0 Å². The van der Waals surface area contributed by atoms with E-state index >= 15 is 0 Å². The predicted octanol–water partition coefficient (Wildman–Crippen LogP) is 2.15. The Kier molecular flexibility index (Phi) is 4.94. The maximum Gasteiger partial charge on any atom is 0.330 e. The van der Waals surface area contributed by atoms with E-state index in [1.54, 1.807) is 0 Å². The summed E-state index contributed by atoms with van der Waals surface area (Å²) in [5, 5.41) is 8.55. The van der Waals surface area contributed by atoms with Crippen LogP contribution in [0.5, 0.6) is 0 Å². The number of esters is 1. The molecular formula is C13H14O4. The summed E-state index contributed by atoms with van der Waals surface area (Å²) in [5.41, 5.74) is 0.916. The highest BCUT2D eigenvalue weighted by Crippen LogP contribution is 2.06. The number of benzene rings is 1. The third kappa shape index (κ3) is 4.97. The highest BCUT2D eigenvalue weighted by molar-refractivity contribution is 5.86. The molecule has 0 spiro atoms. The zero-order valence-corrected chi connectivity index (χ0v) is 9.39. The second kappa shape index (κ2) is 6.48. The maximum absolute atomic E-state index is 11.3. The van der Waals surface area contributed by atoms with Gasteiger partial charge in [0, 0.05) is 12.0 Å². The summed E-state index contributed by atoms with van der Waals surface area (Å²) >= 11 is 0. The second-order valence-electron chi connectivity index (χ2n) is 3.55. The average Bonchev–Trinajstić information content (AvgIpc) is 2.34. The standard InChI is InChI=1S/C13H14O4/c1-10(13(15)16)7-8-12(14)17-9-11-5-3-2-4-6-11/h2-6H,1,7-9H2,(H,15,16). The van der Waals surface area contributed by atoms with E-state index in [1.165, 1.54) is 0 Å². The molecule has 4 heteroatoms. The summed E-state index contributed by atoms with van der Waals surface area (Å²) in [5.74, 6) is -1.50. The Morgan fingerprint density at radius 2 is 1.82 bits per heavy atom. The molecule has 0 aliphatic heterocycles. The number of carbonyl (C=O) groups is 2. The van der Waals surface area contributed by atoms with Gasteiger partial charge in [0.25, 0.3) is 0 Å². The third-order valence-corrected chi connectivity index (χ3v) is 2.18. The lowest BCUT2D eigenvalue weighted by Gasteiger charge is -2.04. The van der Waals surface area contributed by atoms with E-state index in [9.17, 15) is 9.59 Å². The summed E-state index contributed by atoms with van der Waals surface area (Å²) in [7, 11) is 0. The van der Waals surface area contributed by atoms with Gasteiger partial charge in [-0.3, -0.25) is 4.79 Å². The lowest BCUT2D eigenvalue weighted by Crippen LogP contribution is -2.07. The maximum atomic E-state index is 11.3. The molecule has 1 aromatic rings. The minimum absolute atomic E-state index is 0.0154. The van der Waals surface area contributed by atoms with Crippen LogP contribution in [-0.4, -0.2) is 17.0 Å². The molecule has 0 aromatic heterocycles. The first-order chi connectivity index (χ1) is 8.09. The van der Waals surface area contributed by atoms with Gasteiger partial charge >= 0.3 is 11.9 Å². The quantitative estimate of drug-likeness (QED) is 0.605. The van der Waals surface area contributed by atoms with Gasteiger partial charge in [0.05, 0.1) is 0 Å². The van der Waals surface area contributed by atoms with E-state index in [-0.39, 0.29) is 25.0 Å². The summed E-state index contributed by atoms with van der Waals surface area (Å²) in [6.07, 6.45) is 0.154. The number of hydrogen-bond acceptors (Lipinski definition) is 3. The van der Waals surface area contributed by atoms with Crippen LogP contribution in [0.15, 0.2) is 42.5 Å². The summed E-state index contributed by atoms with van der Waals surface area (Å²) in [6.45, 7) is 3.54. The van der Waals surface area contributed by atoms with Crippen molar-refractivity contribution in [3.63, 3.8) is 0 Å². The van der Waals surface area contributed by atoms with E-state index in [0.29, 0.717) is 0 Å². The monoisotopic (exact) mass is 234 g/mol. The highest BCUT2D eigenvalue weighted by Gasteiger charge is 2.08. The Hall–Kier alpha value is -2.10. The molecular weight excluding hydrogens is 220 g/mol. The zero-order chi connectivity index (χ0) is 12.7. The molecule has 0 saturated carbocycles. The number of aliphatic carboxylic acids is 1. The first-order valence-corrected chi connectivity index (χ1v) is 5.20. The van der Waals surface area contributed by atoms with Gasteiger partial charge < -0.3 is 9.84 Å². The Morgan fingerprint density at radius 3 is 2.41 bits per heavy atom. The van der Waals surface area contributed by atoms with Gasteiger partial charge in [0.15, 0.2) is 0 Å². The molecule has 0 unspecified atom stereocenters. The molecule has 90 valence electrons. The van der Waals surface area contributed by atoms with Crippen molar-refractivity contribution in [2.75, 3.05) is 0 Å². The number of ether oxygens (including phenoxy) is 1. The molecule has 0 atom stereocenters. The lowest BCUT2D eigenvalue weighted by atomic mass is 10.2. The Labute approximate surface area is 99.5 Å². The van der Waals surface area contributed by atoms with Gasteiger partial charge in [-0.1, -0.05) is 36.9 Å². The first kappa shape index (κ1) is 13.0. The van der Waals surface area contributed by atoms with Crippen molar-refractivity contribution in [1.82, 2.24) is 0 Å². The number of carboxylic acids is 1. The zero-order valence-electron chi connectivity index (χ0n) is 9.39. The van der Waals surface area contributed by atoms with Gasteiger partial charge in [-0.15, -0.1) is 0 Å². The van der Waals surface area contributed by atoms with Crippen LogP contribution in [0.1, 0.15) is 18.4 Å². The van der Waals surface area contributed by atoms with Crippen LogP contribution in [0.2, 0.25) is 0 Å². The lowest BCUT2D eigenvalue weighted by molar-refractivity contribution is -0.144. The van der Waals surface area contributed by atoms with Crippen molar-refractivity contribution in [3.8, 4) is 0 Å². The first-order valence-electron chi connectivity index (χ1n) is 5.20. The fourth-order valence-electron chi connectivity index (χ4n) is 1.17. The van der Waals surface area contributed by atoms with Crippen LogP contribution in [0.25, 0.3) is 0 Å². The Balaban J connectivity index is 2.27. The molecule has 1 N–H and O–H groups in total. The number of carbonyl (C=O) groups excluding carboxylic acids is 1. The van der Waals surface area contributed by atoms with E-state index in [4.69, 9.17) is 9.84 Å². The van der Waals surface area contributed by atoms with Crippen LogP contribution >= 0.6 is 0 Å². The largest absolute Gasteiger partial charge is 0.478 e. The van der Waals surface area contributed by atoms with Gasteiger partial charge in [-0.2, -0.15) is 0 Å².